The molecule has 1 aromatic carbocycles. The number of benzene rings is 1. The van der Waals surface area contributed by atoms with Crippen molar-refractivity contribution in [2.24, 2.45) is 5.73 Å². The Hall–Kier alpha value is -0.530. The minimum atomic E-state index is 0.511. The second-order valence-electron chi connectivity index (χ2n) is 3.35. The van der Waals surface area contributed by atoms with Crippen molar-refractivity contribution in [1.82, 2.24) is 0 Å². The molecule has 0 radical (unpaired) electrons. The summed E-state index contributed by atoms with van der Waals surface area (Å²) in [5, 5.41) is 0.868. The third kappa shape index (κ3) is 3.02. The molecule has 0 saturated carbocycles. The van der Waals surface area contributed by atoms with Crippen LogP contribution in [0.3, 0.4) is 0 Å². The van der Waals surface area contributed by atoms with Gasteiger partial charge < -0.3 is 5.73 Å². The summed E-state index contributed by atoms with van der Waals surface area (Å²) in [6.45, 7) is 2.95. The third-order valence-electron chi connectivity index (χ3n) is 2.28. The van der Waals surface area contributed by atoms with Crippen molar-refractivity contribution < 1.29 is 0 Å². The fourth-order valence-electron chi connectivity index (χ4n) is 1.45. The molecule has 0 aliphatic carbocycles. The summed E-state index contributed by atoms with van der Waals surface area (Å²) in [6, 6.07) is 8.01. The molecule has 2 heteroatoms. The lowest BCUT2D eigenvalue weighted by atomic mass is 9.96. The van der Waals surface area contributed by atoms with Crippen LogP contribution in [0.2, 0.25) is 5.02 Å². The van der Waals surface area contributed by atoms with Gasteiger partial charge in [0.2, 0.25) is 0 Å². The zero-order valence-electron chi connectivity index (χ0n) is 7.96. The van der Waals surface area contributed by atoms with Crippen molar-refractivity contribution in [3.63, 3.8) is 0 Å². The largest absolute Gasteiger partial charge is 0.330 e. The second-order valence-corrected chi connectivity index (χ2v) is 3.76. The molecular formula is C11H16ClN. The highest BCUT2D eigenvalue weighted by Gasteiger charge is 2.07. The molecule has 0 fully saturated rings. The van der Waals surface area contributed by atoms with Crippen molar-refractivity contribution in [3.8, 4) is 0 Å². The maximum Gasteiger partial charge on any atom is 0.0440 e. The summed E-state index contributed by atoms with van der Waals surface area (Å²) in [5.74, 6) is 0.511. The van der Waals surface area contributed by atoms with E-state index in [-0.39, 0.29) is 0 Å². The topological polar surface area (TPSA) is 26.0 Å². The molecule has 0 amide bonds. The minimum Gasteiger partial charge on any atom is -0.330 e. The Kier molecular flexibility index (Phi) is 4.26. The predicted octanol–water partition coefficient (Wildman–Crippen LogP) is 3.18. The van der Waals surface area contributed by atoms with Crippen LogP contribution < -0.4 is 5.73 Å². The molecule has 0 saturated heterocycles. The first-order valence-electron chi connectivity index (χ1n) is 4.70. The Labute approximate surface area is 84.9 Å². The Bertz CT molecular complexity index is 260. The van der Waals surface area contributed by atoms with E-state index >= 15 is 0 Å². The molecule has 0 aliphatic heterocycles. The molecular weight excluding hydrogens is 182 g/mol. The average Bonchev–Trinajstić information content (AvgIpc) is 2.15. The van der Waals surface area contributed by atoms with Gasteiger partial charge in [-0.05, 0) is 36.9 Å². The molecule has 0 aromatic heterocycles. The maximum absolute atomic E-state index is 6.07. The van der Waals surface area contributed by atoms with Gasteiger partial charge in [-0.1, -0.05) is 36.7 Å². The van der Waals surface area contributed by atoms with E-state index in [1.54, 1.807) is 0 Å². The number of nitrogens with two attached hydrogens (primary N) is 1. The fraction of sp³-hybridized carbons (Fsp3) is 0.455. The van der Waals surface area contributed by atoms with Crippen LogP contribution in [-0.4, -0.2) is 6.54 Å². The smallest absolute Gasteiger partial charge is 0.0440 e. The van der Waals surface area contributed by atoms with Gasteiger partial charge in [-0.15, -0.1) is 0 Å². The van der Waals surface area contributed by atoms with Crippen LogP contribution in [0, 0.1) is 0 Å². The first-order valence-corrected chi connectivity index (χ1v) is 5.08. The first-order chi connectivity index (χ1) is 6.25. The van der Waals surface area contributed by atoms with Gasteiger partial charge in [-0.2, -0.15) is 0 Å². The van der Waals surface area contributed by atoms with Crippen molar-refractivity contribution in [3.05, 3.63) is 34.9 Å². The SMILES string of the molecule is CC(CCCN)c1ccccc1Cl. The molecule has 1 unspecified atom stereocenters. The van der Waals surface area contributed by atoms with Gasteiger partial charge in [0, 0.05) is 5.02 Å². The Morgan fingerprint density at radius 2 is 2.08 bits per heavy atom. The summed E-state index contributed by atoms with van der Waals surface area (Å²) in [5.41, 5.74) is 6.69. The quantitative estimate of drug-likeness (QED) is 0.789. The van der Waals surface area contributed by atoms with Crippen molar-refractivity contribution in [2.75, 3.05) is 6.54 Å². The Balaban J connectivity index is 2.65. The van der Waals surface area contributed by atoms with E-state index in [1.807, 2.05) is 18.2 Å². The van der Waals surface area contributed by atoms with Crippen LogP contribution in [0.1, 0.15) is 31.2 Å². The molecule has 72 valence electrons. The van der Waals surface area contributed by atoms with E-state index in [9.17, 15) is 0 Å². The monoisotopic (exact) mass is 197 g/mol. The standard InChI is InChI=1S/C11H16ClN/c1-9(5-4-8-13)10-6-2-3-7-11(10)12/h2-3,6-7,9H,4-5,8,13H2,1H3. The van der Waals surface area contributed by atoms with E-state index in [1.165, 1.54) is 5.56 Å². The van der Waals surface area contributed by atoms with Crippen molar-refractivity contribution in [1.29, 1.82) is 0 Å². The first kappa shape index (κ1) is 10.6. The van der Waals surface area contributed by atoms with Crippen LogP contribution in [0.15, 0.2) is 24.3 Å². The van der Waals surface area contributed by atoms with E-state index in [0.29, 0.717) is 5.92 Å². The maximum atomic E-state index is 6.07. The van der Waals surface area contributed by atoms with Gasteiger partial charge in [0.25, 0.3) is 0 Å². The van der Waals surface area contributed by atoms with Gasteiger partial charge in [0.05, 0.1) is 0 Å². The molecule has 1 nitrogen and oxygen atoms in total. The molecule has 1 atom stereocenters. The summed E-state index contributed by atoms with van der Waals surface area (Å²) in [4.78, 5) is 0. The number of rotatable bonds is 4. The minimum absolute atomic E-state index is 0.511. The second kappa shape index (κ2) is 5.25. The number of halogens is 1. The normalized spacial score (nSPS) is 12.8. The number of hydrogen-bond acceptors (Lipinski definition) is 1. The average molecular weight is 198 g/mol. The van der Waals surface area contributed by atoms with E-state index < -0.39 is 0 Å². The van der Waals surface area contributed by atoms with E-state index in [0.717, 1.165) is 24.4 Å². The molecule has 2 N–H and O–H groups in total. The lowest BCUT2D eigenvalue weighted by Crippen LogP contribution is -2.02. The summed E-state index contributed by atoms with van der Waals surface area (Å²) < 4.78 is 0. The highest BCUT2D eigenvalue weighted by atomic mass is 35.5. The highest BCUT2D eigenvalue weighted by molar-refractivity contribution is 6.31. The van der Waals surface area contributed by atoms with Gasteiger partial charge in [-0.25, -0.2) is 0 Å². The van der Waals surface area contributed by atoms with Crippen LogP contribution in [-0.2, 0) is 0 Å². The van der Waals surface area contributed by atoms with Crippen LogP contribution in [0.25, 0.3) is 0 Å². The Morgan fingerprint density at radius 1 is 1.38 bits per heavy atom. The van der Waals surface area contributed by atoms with Gasteiger partial charge in [0.15, 0.2) is 0 Å². The van der Waals surface area contributed by atoms with Crippen LogP contribution in [0.4, 0.5) is 0 Å². The van der Waals surface area contributed by atoms with Crippen LogP contribution in [0.5, 0.6) is 0 Å². The summed E-state index contributed by atoms with van der Waals surface area (Å²) in [6.07, 6.45) is 2.17. The lowest BCUT2D eigenvalue weighted by Gasteiger charge is -2.12. The molecule has 0 spiro atoms. The molecule has 13 heavy (non-hydrogen) atoms. The third-order valence-corrected chi connectivity index (χ3v) is 2.62. The molecule has 0 heterocycles. The zero-order valence-corrected chi connectivity index (χ0v) is 8.72. The predicted molar refractivity (Wildman–Crippen MR) is 58.2 cm³/mol. The Morgan fingerprint density at radius 3 is 2.69 bits per heavy atom. The molecule has 1 rings (SSSR count). The fourth-order valence-corrected chi connectivity index (χ4v) is 1.78. The zero-order chi connectivity index (χ0) is 9.68. The molecule has 0 aliphatic rings. The molecule has 1 aromatic rings. The molecule has 0 bridgehead atoms. The summed E-state index contributed by atoms with van der Waals surface area (Å²) >= 11 is 6.07. The lowest BCUT2D eigenvalue weighted by molar-refractivity contribution is 0.641. The van der Waals surface area contributed by atoms with E-state index in [4.69, 9.17) is 17.3 Å². The van der Waals surface area contributed by atoms with Gasteiger partial charge in [-0.3, -0.25) is 0 Å². The van der Waals surface area contributed by atoms with Crippen molar-refractivity contribution >= 4 is 11.6 Å². The summed E-state index contributed by atoms with van der Waals surface area (Å²) in [7, 11) is 0. The van der Waals surface area contributed by atoms with Gasteiger partial charge >= 0.3 is 0 Å². The van der Waals surface area contributed by atoms with Crippen LogP contribution >= 0.6 is 11.6 Å². The van der Waals surface area contributed by atoms with E-state index in [2.05, 4.69) is 13.0 Å². The highest BCUT2D eigenvalue weighted by Crippen LogP contribution is 2.26. The van der Waals surface area contributed by atoms with Crippen molar-refractivity contribution in [2.45, 2.75) is 25.7 Å². The number of hydrogen-bond donors (Lipinski definition) is 1. The van der Waals surface area contributed by atoms with Gasteiger partial charge in [0.1, 0.15) is 0 Å².